The molecule has 0 N–H and O–H groups in total. The Balaban J connectivity index is 2.30. The molecule has 2 aromatic carbocycles. The van der Waals surface area contributed by atoms with Crippen molar-refractivity contribution in [1.29, 1.82) is 0 Å². The summed E-state index contributed by atoms with van der Waals surface area (Å²) in [5.41, 5.74) is 0.597. The first-order valence-electron chi connectivity index (χ1n) is 5.35. The fourth-order valence-corrected chi connectivity index (χ4v) is 2.02. The number of nitro groups is 1. The zero-order valence-electron chi connectivity index (χ0n) is 9.89. The van der Waals surface area contributed by atoms with Gasteiger partial charge < -0.3 is 4.74 Å². The maximum atomic E-state index is 13.2. The second kappa shape index (κ2) is 5.36. The Bertz CT molecular complexity index is 626. The normalized spacial score (nSPS) is 10.3. The summed E-state index contributed by atoms with van der Waals surface area (Å²) in [6.45, 7) is 1.69. The van der Waals surface area contributed by atoms with Crippen molar-refractivity contribution in [2.45, 2.75) is 6.92 Å². The van der Waals surface area contributed by atoms with Gasteiger partial charge in [-0.3, -0.25) is 10.1 Å². The fourth-order valence-electron chi connectivity index (χ4n) is 1.58. The van der Waals surface area contributed by atoms with Crippen LogP contribution < -0.4 is 4.74 Å². The molecule has 0 saturated heterocycles. The fraction of sp³-hybridized carbons (Fsp3) is 0.0769. The van der Waals surface area contributed by atoms with Gasteiger partial charge in [-0.2, -0.15) is 0 Å². The predicted molar refractivity (Wildman–Crippen MR) is 72.0 cm³/mol. The highest BCUT2D eigenvalue weighted by Gasteiger charge is 2.10. The molecule has 2 rings (SSSR count). The Morgan fingerprint density at radius 1 is 1.26 bits per heavy atom. The van der Waals surface area contributed by atoms with Crippen LogP contribution in [0.3, 0.4) is 0 Å². The zero-order valence-corrected chi connectivity index (χ0v) is 11.5. The Hall–Kier alpha value is -1.95. The zero-order chi connectivity index (χ0) is 14.0. The molecule has 0 fully saturated rings. The monoisotopic (exact) mass is 325 g/mol. The van der Waals surface area contributed by atoms with Crippen molar-refractivity contribution in [3.63, 3.8) is 0 Å². The number of rotatable bonds is 3. The van der Waals surface area contributed by atoms with Crippen LogP contribution in [0, 0.1) is 22.9 Å². The van der Waals surface area contributed by atoms with Gasteiger partial charge in [0.1, 0.15) is 17.3 Å². The van der Waals surface area contributed by atoms with Crippen LogP contribution in [0.1, 0.15) is 5.56 Å². The highest BCUT2D eigenvalue weighted by Crippen LogP contribution is 2.30. The molecule has 0 aliphatic rings. The number of halogens is 2. The Kier molecular flexibility index (Phi) is 3.80. The van der Waals surface area contributed by atoms with Crippen LogP contribution in [-0.4, -0.2) is 4.92 Å². The molecule has 2 aromatic rings. The highest BCUT2D eigenvalue weighted by molar-refractivity contribution is 9.10. The van der Waals surface area contributed by atoms with Crippen LogP contribution in [0.25, 0.3) is 0 Å². The largest absolute Gasteiger partial charge is 0.457 e. The minimum Gasteiger partial charge on any atom is -0.457 e. The third-order valence-corrected chi connectivity index (χ3v) is 2.89. The summed E-state index contributed by atoms with van der Waals surface area (Å²) in [5, 5.41) is 10.6. The maximum absolute atomic E-state index is 13.2. The van der Waals surface area contributed by atoms with E-state index >= 15 is 0 Å². The van der Waals surface area contributed by atoms with E-state index in [2.05, 4.69) is 15.9 Å². The Morgan fingerprint density at radius 2 is 2.00 bits per heavy atom. The summed E-state index contributed by atoms with van der Waals surface area (Å²) in [6.07, 6.45) is 0. The molecule has 0 aliphatic heterocycles. The van der Waals surface area contributed by atoms with E-state index in [0.717, 1.165) is 0 Å². The van der Waals surface area contributed by atoms with E-state index in [-0.39, 0.29) is 5.69 Å². The minimum absolute atomic E-state index is 0.00901. The van der Waals surface area contributed by atoms with Gasteiger partial charge in [0.05, 0.1) is 4.92 Å². The summed E-state index contributed by atoms with van der Waals surface area (Å²) in [6, 6.07) is 8.41. The molecule has 19 heavy (non-hydrogen) atoms. The number of benzene rings is 2. The second-order valence-corrected chi connectivity index (χ2v) is 4.83. The van der Waals surface area contributed by atoms with Crippen molar-refractivity contribution >= 4 is 21.6 Å². The Morgan fingerprint density at radius 3 is 2.58 bits per heavy atom. The van der Waals surface area contributed by atoms with Crippen LogP contribution >= 0.6 is 15.9 Å². The minimum atomic E-state index is -0.477. The third kappa shape index (κ3) is 3.29. The first-order valence-corrected chi connectivity index (χ1v) is 6.14. The van der Waals surface area contributed by atoms with Gasteiger partial charge >= 0.3 is 0 Å². The number of nitro benzene ring substituents is 1. The van der Waals surface area contributed by atoms with Crippen LogP contribution in [-0.2, 0) is 0 Å². The van der Waals surface area contributed by atoms with Gasteiger partial charge in [0.2, 0.25) is 0 Å². The molecule has 98 valence electrons. The molecule has 0 spiro atoms. The van der Waals surface area contributed by atoms with Crippen molar-refractivity contribution in [3.8, 4) is 11.5 Å². The van der Waals surface area contributed by atoms with E-state index in [0.29, 0.717) is 21.5 Å². The number of non-ortho nitro benzene ring substituents is 1. The van der Waals surface area contributed by atoms with Gasteiger partial charge in [0.15, 0.2) is 0 Å². The van der Waals surface area contributed by atoms with Crippen LogP contribution in [0.4, 0.5) is 10.1 Å². The number of ether oxygens (including phenoxy) is 1. The molecule has 0 radical (unpaired) electrons. The van der Waals surface area contributed by atoms with Crippen molar-refractivity contribution in [2.24, 2.45) is 0 Å². The first kappa shape index (κ1) is 13.5. The lowest BCUT2D eigenvalue weighted by Gasteiger charge is -2.09. The van der Waals surface area contributed by atoms with Gasteiger partial charge in [0.25, 0.3) is 5.69 Å². The third-order valence-electron chi connectivity index (χ3n) is 2.43. The maximum Gasteiger partial charge on any atom is 0.269 e. The van der Waals surface area contributed by atoms with Gasteiger partial charge in [-0.1, -0.05) is 15.9 Å². The number of hydrogen-bond acceptors (Lipinski definition) is 3. The molecule has 0 unspecified atom stereocenters. The molecule has 0 aliphatic carbocycles. The van der Waals surface area contributed by atoms with Crippen molar-refractivity contribution < 1.29 is 14.1 Å². The standard InChI is InChI=1S/C13H9BrFNO3/c1-8-4-11(16(17)18)2-3-13(8)19-12-6-9(14)5-10(15)7-12/h2-7H,1H3. The lowest BCUT2D eigenvalue weighted by atomic mass is 10.2. The lowest BCUT2D eigenvalue weighted by Crippen LogP contribution is -1.92. The number of aryl methyl sites for hydroxylation is 1. The molecule has 0 heterocycles. The van der Waals surface area contributed by atoms with E-state index in [4.69, 9.17) is 4.74 Å². The molecule has 0 amide bonds. The van der Waals surface area contributed by atoms with E-state index < -0.39 is 10.7 Å². The van der Waals surface area contributed by atoms with Crippen LogP contribution in [0.2, 0.25) is 0 Å². The molecular formula is C13H9BrFNO3. The predicted octanol–water partition coefficient (Wildman–Crippen LogP) is 4.60. The summed E-state index contributed by atoms with van der Waals surface area (Å²) in [4.78, 5) is 10.1. The smallest absolute Gasteiger partial charge is 0.269 e. The summed E-state index contributed by atoms with van der Waals surface area (Å²) in [7, 11) is 0. The number of hydrogen-bond donors (Lipinski definition) is 0. The lowest BCUT2D eigenvalue weighted by molar-refractivity contribution is -0.384. The highest BCUT2D eigenvalue weighted by atomic mass is 79.9. The summed E-state index contributed by atoms with van der Waals surface area (Å²) in [5.74, 6) is 0.343. The summed E-state index contributed by atoms with van der Waals surface area (Å²) < 4.78 is 19.3. The van der Waals surface area contributed by atoms with Crippen LogP contribution in [0.5, 0.6) is 11.5 Å². The SMILES string of the molecule is Cc1cc([N+](=O)[O-])ccc1Oc1cc(F)cc(Br)c1. The van der Waals surface area contributed by atoms with Gasteiger partial charge in [-0.15, -0.1) is 0 Å². The van der Waals surface area contributed by atoms with Gasteiger partial charge in [-0.25, -0.2) is 4.39 Å². The van der Waals surface area contributed by atoms with E-state index in [1.807, 2.05) is 0 Å². The molecule has 0 saturated carbocycles. The average molecular weight is 326 g/mol. The first-order chi connectivity index (χ1) is 8.95. The second-order valence-electron chi connectivity index (χ2n) is 3.91. The Labute approximate surface area is 117 Å². The van der Waals surface area contributed by atoms with Crippen LogP contribution in [0.15, 0.2) is 40.9 Å². The van der Waals surface area contributed by atoms with E-state index in [1.165, 1.54) is 30.3 Å². The van der Waals surface area contributed by atoms with Crippen molar-refractivity contribution in [2.75, 3.05) is 0 Å². The number of nitrogens with zero attached hydrogens (tertiary/aromatic N) is 1. The average Bonchev–Trinajstić information content (AvgIpc) is 2.30. The molecule has 0 bridgehead atoms. The molecular weight excluding hydrogens is 317 g/mol. The molecule has 0 aromatic heterocycles. The summed E-state index contributed by atoms with van der Waals surface area (Å²) >= 11 is 3.17. The van der Waals surface area contributed by atoms with E-state index in [1.54, 1.807) is 13.0 Å². The van der Waals surface area contributed by atoms with Gasteiger partial charge in [-0.05, 0) is 30.7 Å². The van der Waals surface area contributed by atoms with Gasteiger partial charge in [0, 0.05) is 22.7 Å². The quantitative estimate of drug-likeness (QED) is 0.612. The van der Waals surface area contributed by atoms with Crippen molar-refractivity contribution in [3.05, 3.63) is 62.4 Å². The molecule has 0 atom stereocenters. The topological polar surface area (TPSA) is 52.4 Å². The van der Waals surface area contributed by atoms with E-state index in [9.17, 15) is 14.5 Å². The van der Waals surface area contributed by atoms with Crippen molar-refractivity contribution in [1.82, 2.24) is 0 Å². The molecule has 6 heteroatoms. The molecule has 4 nitrogen and oxygen atoms in total.